The first kappa shape index (κ1) is 20.2. The summed E-state index contributed by atoms with van der Waals surface area (Å²) in [6.45, 7) is 6.33. The Hall–Kier alpha value is -2.12. The van der Waals surface area contributed by atoms with Gasteiger partial charge in [0.2, 0.25) is 11.8 Å². The maximum absolute atomic E-state index is 12.8. The lowest BCUT2D eigenvalue weighted by molar-refractivity contribution is -0.123. The van der Waals surface area contributed by atoms with Crippen LogP contribution in [0.2, 0.25) is 0 Å². The Balaban J connectivity index is 0.00000243. The molecule has 1 fully saturated rings. The number of nitrogens with zero attached hydrogens (tertiary/aromatic N) is 2. The third-order valence-corrected chi connectivity index (χ3v) is 4.77. The second-order valence-corrected chi connectivity index (χ2v) is 6.60. The number of halogens is 1. The van der Waals surface area contributed by atoms with Crippen molar-refractivity contribution < 1.29 is 14.4 Å². The number of piperazine rings is 1. The Morgan fingerprint density at radius 1 is 1.27 bits per heavy atom. The molecule has 142 valence electrons. The molecule has 0 spiro atoms. The van der Waals surface area contributed by atoms with Gasteiger partial charge >= 0.3 is 0 Å². The summed E-state index contributed by atoms with van der Waals surface area (Å²) in [7, 11) is 0. The number of rotatable bonds is 3. The minimum Gasteiger partial charge on any atom is -0.347 e. The summed E-state index contributed by atoms with van der Waals surface area (Å²) in [5.41, 5.74) is 2.51. The highest BCUT2D eigenvalue weighted by atomic mass is 35.5. The van der Waals surface area contributed by atoms with Gasteiger partial charge in [0.15, 0.2) is 0 Å². The average molecular weight is 381 g/mol. The monoisotopic (exact) mass is 380 g/mol. The molecule has 1 saturated heterocycles. The summed E-state index contributed by atoms with van der Waals surface area (Å²) in [6.07, 6.45) is 0.722. The molecule has 7 nitrogen and oxygen atoms in total. The second-order valence-electron chi connectivity index (χ2n) is 6.60. The van der Waals surface area contributed by atoms with E-state index in [0.29, 0.717) is 18.7 Å². The molecule has 3 rings (SSSR count). The molecule has 26 heavy (non-hydrogen) atoms. The fraction of sp³-hybridized carbons (Fsp3) is 0.500. The molecule has 2 aliphatic rings. The number of carbonyl (C=O) groups is 3. The van der Waals surface area contributed by atoms with Gasteiger partial charge in [0.1, 0.15) is 0 Å². The summed E-state index contributed by atoms with van der Waals surface area (Å²) in [4.78, 5) is 39.6. The van der Waals surface area contributed by atoms with Crippen molar-refractivity contribution in [3.63, 3.8) is 0 Å². The van der Waals surface area contributed by atoms with E-state index in [0.717, 1.165) is 30.8 Å². The van der Waals surface area contributed by atoms with Crippen LogP contribution in [0.4, 0.5) is 5.69 Å². The molecule has 0 aliphatic carbocycles. The molecule has 2 heterocycles. The minimum atomic E-state index is -0.223. The third-order valence-electron chi connectivity index (χ3n) is 4.77. The number of nitrogens with one attached hydrogen (secondary N) is 2. The lowest BCUT2D eigenvalue weighted by Crippen LogP contribution is -2.52. The van der Waals surface area contributed by atoms with Gasteiger partial charge in [-0.2, -0.15) is 0 Å². The van der Waals surface area contributed by atoms with E-state index in [1.807, 2.05) is 24.0 Å². The Bertz CT molecular complexity index is 710. The largest absolute Gasteiger partial charge is 0.347 e. The molecular weight excluding hydrogens is 356 g/mol. The van der Waals surface area contributed by atoms with Gasteiger partial charge < -0.3 is 20.4 Å². The lowest BCUT2D eigenvalue weighted by atomic mass is 10.1. The smallest absolute Gasteiger partial charge is 0.254 e. The van der Waals surface area contributed by atoms with Crippen molar-refractivity contribution in [3.05, 3.63) is 29.3 Å². The number of anilines is 1. The molecule has 1 aromatic rings. The minimum absolute atomic E-state index is 0. The number of hydrogen-bond donors (Lipinski definition) is 2. The van der Waals surface area contributed by atoms with Crippen molar-refractivity contribution in [2.75, 3.05) is 37.6 Å². The highest BCUT2D eigenvalue weighted by Crippen LogP contribution is 2.29. The highest BCUT2D eigenvalue weighted by Gasteiger charge is 2.28. The fourth-order valence-corrected chi connectivity index (χ4v) is 3.40. The van der Waals surface area contributed by atoms with E-state index in [1.165, 1.54) is 6.92 Å². The molecule has 3 amide bonds. The molecule has 2 aliphatic heterocycles. The summed E-state index contributed by atoms with van der Waals surface area (Å²) in [5, 5.41) is 5.82. The Kier molecular flexibility index (Phi) is 6.61. The first-order valence-electron chi connectivity index (χ1n) is 8.67. The Labute approximate surface area is 159 Å². The zero-order valence-electron chi connectivity index (χ0n) is 15.1. The number of benzene rings is 1. The van der Waals surface area contributed by atoms with E-state index in [9.17, 15) is 14.4 Å². The van der Waals surface area contributed by atoms with E-state index >= 15 is 0 Å². The van der Waals surface area contributed by atoms with Crippen LogP contribution >= 0.6 is 12.4 Å². The third kappa shape index (κ3) is 4.16. The van der Waals surface area contributed by atoms with Crippen LogP contribution in [0.1, 0.15) is 29.8 Å². The van der Waals surface area contributed by atoms with Crippen molar-refractivity contribution in [2.45, 2.75) is 26.3 Å². The zero-order valence-corrected chi connectivity index (χ0v) is 15.9. The molecule has 1 aromatic carbocycles. The van der Waals surface area contributed by atoms with Crippen molar-refractivity contribution in [3.8, 4) is 0 Å². The molecule has 0 radical (unpaired) electrons. The zero-order chi connectivity index (χ0) is 18.0. The van der Waals surface area contributed by atoms with Crippen LogP contribution in [0, 0.1) is 0 Å². The molecule has 0 bridgehead atoms. The van der Waals surface area contributed by atoms with Crippen LogP contribution in [-0.2, 0) is 16.0 Å². The van der Waals surface area contributed by atoms with Crippen LogP contribution in [0.5, 0.6) is 0 Å². The van der Waals surface area contributed by atoms with Crippen LogP contribution in [0.3, 0.4) is 0 Å². The maximum atomic E-state index is 12.8. The molecule has 0 saturated carbocycles. The van der Waals surface area contributed by atoms with Gasteiger partial charge in [0, 0.05) is 50.4 Å². The van der Waals surface area contributed by atoms with Gasteiger partial charge in [-0.25, -0.2) is 0 Å². The quantitative estimate of drug-likeness (QED) is 0.803. The molecule has 1 atom stereocenters. The van der Waals surface area contributed by atoms with Crippen LogP contribution < -0.4 is 15.5 Å². The van der Waals surface area contributed by atoms with Crippen LogP contribution in [-0.4, -0.2) is 61.4 Å². The number of amides is 3. The maximum Gasteiger partial charge on any atom is 0.254 e. The predicted molar refractivity (Wildman–Crippen MR) is 102 cm³/mol. The van der Waals surface area contributed by atoms with Gasteiger partial charge in [-0.1, -0.05) is 0 Å². The van der Waals surface area contributed by atoms with Crippen molar-refractivity contribution in [1.29, 1.82) is 0 Å². The molecule has 0 aromatic heterocycles. The van der Waals surface area contributed by atoms with E-state index in [2.05, 4.69) is 10.6 Å². The topological polar surface area (TPSA) is 81.8 Å². The van der Waals surface area contributed by atoms with Crippen LogP contribution in [0.15, 0.2) is 18.2 Å². The first-order valence-corrected chi connectivity index (χ1v) is 8.67. The van der Waals surface area contributed by atoms with Crippen molar-refractivity contribution in [2.24, 2.45) is 0 Å². The first-order chi connectivity index (χ1) is 12.0. The summed E-state index contributed by atoms with van der Waals surface area (Å²) < 4.78 is 0. The van der Waals surface area contributed by atoms with Crippen molar-refractivity contribution >= 4 is 35.8 Å². The molecular formula is C18H25ClN4O3. The molecule has 8 heteroatoms. The van der Waals surface area contributed by atoms with Gasteiger partial charge in [-0.15, -0.1) is 12.4 Å². The van der Waals surface area contributed by atoms with E-state index < -0.39 is 0 Å². The highest BCUT2D eigenvalue weighted by molar-refractivity contribution is 6.00. The van der Waals surface area contributed by atoms with Gasteiger partial charge in [0.25, 0.3) is 5.91 Å². The number of hydrogen-bond acceptors (Lipinski definition) is 4. The SMILES string of the molecule is CC(=O)NCC(=O)N1CCc2cc(C(=O)N3CCNC[C@@H]3C)ccc21.Cl. The van der Waals surface area contributed by atoms with E-state index in [1.54, 1.807) is 11.0 Å². The fourth-order valence-electron chi connectivity index (χ4n) is 3.40. The van der Waals surface area contributed by atoms with Gasteiger partial charge in [-0.3, -0.25) is 14.4 Å². The van der Waals surface area contributed by atoms with Gasteiger partial charge in [0.05, 0.1) is 6.54 Å². The normalized spacial score (nSPS) is 18.8. The summed E-state index contributed by atoms with van der Waals surface area (Å²) in [6, 6.07) is 5.71. The summed E-state index contributed by atoms with van der Waals surface area (Å²) in [5.74, 6) is -0.317. The Morgan fingerprint density at radius 3 is 2.73 bits per heavy atom. The average Bonchev–Trinajstić information content (AvgIpc) is 3.02. The van der Waals surface area contributed by atoms with Crippen LogP contribution in [0.25, 0.3) is 0 Å². The van der Waals surface area contributed by atoms with Gasteiger partial charge in [-0.05, 0) is 37.1 Å². The number of carbonyl (C=O) groups excluding carboxylic acids is 3. The summed E-state index contributed by atoms with van der Waals surface area (Å²) >= 11 is 0. The molecule has 2 N–H and O–H groups in total. The standard InChI is InChI=1S/C18H24N4O3.ClH/c1-12-10-19-6-8-21(12)18(25)15-3-4-16-14(9-15)5-7-22(16)17(24)11-20-13(2)23;/h3-4,9,12,19H,5-8,10-11H2,1-2H3,(H,20,23);1H/t12-;/m0./s1. The van der Waals surface area contributed by atoms with E-state index in [4.69, 9.17) is 0 Å². The second kappa shape index (κ2) is 8.51. The molecule has 0 unspecified atom stereocenters. The van der Waals surface area contributed by atoms with Crippen molar-refractivity contribution in [1.82, 2.24) is 15.5 Å². The lowest BCUT2D eigenvalue weighted by Gasteiger charge is -2.34. The predicted octanol–water partition coefficient (Wildman–Crippen LogP) is 0.568. The van der Waals surface area contributed by atoms with E-state index in [-0.39, 0.29) is 42.7 Å². The number of fused-ring (bicyclic) bond motifs is 1. The Morgan fingerprint density at radius 2 is 2.04 bits per heavy atom.